The van der Waals surface area contributed by atoms with Gasteiger partial charge in [-0.15, -0.1) is 0 Å². The lowest BCUT2D eigenvalue weighted by Gasteiger charge is -2.16. The van der Waals surface area contributed by atoms with Gasteiger partial charge in [-0.3, -0.25) is 4.55 Å². The largest absolute Gasteiger partial charge is 0.306 e. The second-order valence-electron chi connectivity index (χ2n) is 8.54. The van der Waals surface area contributed by atoms with E-state index in [-0.39, 0.29) is 5.75 Å². The Morgan fingerprint density at radius 3 is 1.10 bits per heavy atom. The first-order valence-corrected chi connectivity index (χ1v) is 14.1. The molecule has 178 valence electrons. The average Bonchev–Trinajstić information content (AvgIpc) is 2.65. The zero-order valence-corrected chi connectivity index (χ0v) is 21.1. The highest BCUT2D eigenvalue weighted by atomic mass is 32.2. The minimum Gasteiger partial charge on any atom is -0.306 e. The Bertz CT molecular complexity index is 379. The quantitative estimate of drug-likeness (QED) is 0.159. The predicted octanol–water partition coefficient (Wildman–Crippen LogP) is 7.48. The monoisotopic (exact) mass is 435 g/mol. The lowest BCUT2D eigenvalue weighted by molar-refractivity contribution is 0.314. The summed E-state index contributed by atoms with van der Waals surface area (Å²) in [6.07, 6.45) is 23.4. The van der Waals surface area contributed by atoms with Crippen molar-refractivity contribution in [2.75, 3.05) is 25.9 Å². The highest BCUT2D eigenvalue weighted by Crippen LogP contribution is 2.10. The third-order valence-electron chi connectivity index (χ3n) is 5.25. The summed E-state index contributed by atoms with van der Waals surface area (Å²) in [5.41, 5.74) is 0. The summed E-state index contributed by atoms with van der Waals surface area (Å²) in [4.78, 5) is 2.55. The van der Waals surface area contributed by atoms with Crippen LogP contribution in [0.3, 0.4) is 0 Å². The van der Waals surface area contributed by atoms with E-state index in [2.05, 4.69) is 25.8 Å². The molecular weight excluding hydrogens is 382 g/mol. The zero-order valence-electron chi connectivity index (χ0n) is 20.3. The standard InChI is InChI=1S/C21H45N.C3H8O3S/c1-4-6-8-10-12-14-16-18-20-22(3)21-19-17-15-13-11-9-7-5-2;1-2-3-7(4,5)6/h4-21H2,1-3H3;2-3H2,1H3,(H,4,5,6). The molecule has 5 heteroatoms. The smallest absolute Gasteiger partial charge is 0.264 e. The van der Waals surface area contributed by atoms with Gasteiger partial charge < -0.3 is 4.90 Å². The number of unbranched alkanes of at least 4 members (excludes halogenated alkanes) is 14. The minimum absolute atomic E-state index is 0.132. The molecule has 0 spiro atoms. The highest BCUT2D eigenvalue weighted by molar-refractivity contribution is 7.85. The third kappa shape index (κ3) is 32.7. The van der Waals surface area contributed by atoms with Crippen LogP contribution in [0.25, 0.3) is 0 Å². The van der Waals surface area contributed by atoms with E-state index in [0.29, 0.717) is 6.42 Å². The van der Waals surface area contributed by atoms with Gasteiger partial charge in [0.25, 0.3) is 10.1 Å². The van der Waals surface area contributed by atoms with E-state index in [1.807, 2.05) is 0 Å². The molecule has 4 nitrogen and oxygen atoms in total. The van der Waals surface area contributed by atoms with Crippen LogP contribution in [-0.4, -0.2) is 43.8 Å². The maximum absolute atomic E-state index is 9.79. The highest BCUT2D eigenvalue weighted by Gasteiger charge is 1.99. The molecule has 1 N–H and O–H groups in total. The molecule has 0 aliphatic rings. The number of hydrogen-bond acceptors (Lipinski definition) is 3. The van der Waals surface area contributed by atoms with E-state index in [4.69, 9.17) is 4.55 Å². The van der Waals surface area contributed by atoms with Gasteiger partial charge in [0.15, 0.2) is 0 Å². The Hall–Kier alpha value is -0.130. The minimum atomic E-state index is -3.67. The Labute approximate surface area is 184 Å². The van der Waals surface area contributed by atoms with Crippen LogP contribution in [0.2, 0.25) is 0 Å². The predicted molar refractivity (Wildman–Crippen MR) is 129 cm³/mol. The Morgan fingerprint density at radius 2 is 0.862 bits per heavy atom. The topological polar surface area (TPSA) is 57.6 Å². The Morgan fingerprint density at radius 1 is 0.552 bits per heavy atom. The van der Waals surface area contributed by atoms with E-state index in [1.54, 1.807) is 6.92 Å². The van der Waals surface area contributed by atoms with Crippen molar-refractivity contribution < 1.29 is 13.0 Å². The Kier molecular flexibility index (Phi) is 25.9. The van der Waals surface area contributed by atoms with Gasteiger partial charge >= 0.3 is 0 Å². The van der Waals surface area contributed by atoms with Crippen molar-refractivity contribution in [2.24, 2.45) is 0 Å². The van der Waals surface area contributed by atoms with Gasteiger partial charge in [0.05, 0.1) is 5.75 Å². The van der Waals surface area contributed by atoms with Gasteiger partial charge in [-0.2, -0.15) is 8.42 Å². The van der Waals surface area contributed by atoms with Gasteiger partial charge in [0.2, 0.25) is 0 Å². The fourth-order valence-electron chi connectivity index (χ4n) is 3.40. The van der Waals surface area contributed by atoms with E-state index >= 15 is 0 Å². The molecular formula is C24H53NO3S. The van der Waals surface area contributed by atoms with Crippen molar-refractivity contribution in [3.05, 3.63) is 0 Å². The van der Waals surface area contributed by atoms with E-state index in [0.717, 1.165) is 0 Å². The molecule has 0 aromatic rings. The lowest BCUT2D eigenvalue weighted by atomic mass is 10.1. The molecule has 0 rings (SSSR count). The Balaban J connectivity index is 0. The first kappa shape index (κ1) is 31.1. The van der Waals surface area contributed by atoms with Gasteiger partial charge in [-0.05, 0) is 39.4 Å². The van der Waals surface area contributed by atoms with E-state index in [1.165, 1.54) is 116 Å². The molecule has 0 unspecified atom stereocenters. The molecule has 0 aliphatic heterocycles. The van der Waals surface area contributed by atoms with Gasteiger partial charge in [0.1, 0.15) is 0 Å². The summed E-state index contributed by atoms with van der Waals surface area (Å²) >= 11 is 0. The van der Waals surface area contributed by atoms with Crippen LogP contribution in [0.5, 0.6) is 0 Å². The molecule has 0 saturated heterocycles. The number of rotatable bonds is 20. The normalized spacial score (nSPS) is 11.5. The van der Waals surface area contributed by atoms with Gasteiger partial charge in [0, 0.05) is 0 Å². The van der Waals surface area contributed by atoms with Crippen LogP contribution in [0, 0.1) is 0 Å². The summed E-state index contributed by atoms with van der Waals surface area (Å²) in [5.74, 6) is -0.132. The molecule has 0 heterocycles. The van der Waals surface area contributed by atoms with Crippen molar-refractivity contribution in [1.29, 1.82) is 0 Å². The molecule has 0 saturated carbocycles. The summed E-state index contributed by atoms with van der Waals surface area (Å²) in [7, 11) is -1.37. The summed E-state index contributed by atoms with van der Waals surface area (Å²) in [6.45, 7) is 8.90. The van der Waals surface area contributed by atoms with Crippen LogP contribution in [-0.2, 0) is 10.1 Å². The van der Waals surface area contributed by atoms with E-state index in [9.17, 15) is 8.42 Å². The lowest BCUT2D eigenvalue weighted by Crippen LogP contribution is -2.20. The van der Waals surface area contributed by atoms with Gasteiger partial charge in [-0.1, -0.05) is 111 Å². The second kappa shape index (κ2) is 24.1. The first-order chi connectivity index (χ1) is 13.9. The van der Waals surface area contributed by atoms with Crippen LogP contribution in [0.1, 0.15) is 130 Å². The summed E-state index contributed by atoms with van der Waals surface area (Å²) in [6, 6.07) is 0. The van der Waals surface area contributed by atoms with Crippen molar-refractivity contribution >= 4 is 10.1 Å². The SMILES string of the molecule is CCCCCCCCCCN(C)CCCCCCCCCC.CCCS(=O)(=O)O. The van der Waals surface area contributed by atoms with Crippen LogP contribution < -0.4 is 0 Å². The fraction of sp³-hybridized carbons (Fsp3) is 1.00. The van der Waals surface area contributed by atoms with Crippen molar-refractivity contribution in [3.63, 3.8) is 0 Å². The van der Waals surface area contributed by atoms with Crippen molar-refractivity contribution in [2.45, 2.75) is 130 Å². The van der Waals surface area contributed by atoms with Gasteiger partial charge in [-0.25, -0.2) is 0 Å². The molecule has 0 amide bonds. The zero-order chi connectivity index (χ0) is 22.2. The number of nitrogens with zero attached hydrogens (tertiary/aromatic N) is 1. The van der Waals surface area contributed by atoms with E-state index < -0.39 is 10.1 Å². The second-order valence-corrected chi connectivity index (χ2v) is 10.1. The third-order valence-corrected chi connectivity index (χ3v) is 6.17. The van der Waals surface area contributed by atoms with Crippen LogP contribution >= 0.6 is 0 Å². The average molecular weight is 436 g/mol. The molecule has 0 aromatic heterocycles. The number of hydrogen-bond donors (Lipinski definition) is 1. The van der Waals surface area contributed by atoms with Crippen molar-refractivity contribution in [1.82, 2.24) is 4.90 Å². The fourth-order valence-corrected chi connectivity index (χ4v) is 3.92. The first-order valence-electron chi connectivity index (χ1n) is 12.5. The maximum atomic E-state index is 9.79. The molecule has 0 bridgehead atoms. The summed E-state index contributed by atoms with van der Waals surface area (Å²) < 4.78 is 27.6. The van der Waals surface area contributed by atoms with Crippen LogP contribution in [0.15, 0.2) is 0 Å². The molecule has 0 aliphatic carbocycles. The maximum Gasteiger partial charge on any atom is 0.264 e. The molecule has 0 aromatic carbocycles. The van der Waals surface area contributed by atoms with Crippen LogP contribution in [0.4, 0.5) is 0 Å². The van der Waals surface area contributed by atoms with Crippen molar-refractivity contribution in [3.8, 4) is 0 Å². The molecule has 0 radical (unpaired) electrons. The molecule has 29 heavy (non-hydrogen) atoms. The molecule has 0 fully saturated rings. The summed E-state index contributed by atoms with van der Waals surface area (Å²) in [5, 5.41) is 0. The molecule has 0 atom stereocenters.